The molecule has 0 saturated carbocycles. The number of halogens is 3. The van der Waals surface area contributed by atoms with Crippen LogP contribution in [-0.4, -0.2) is 36.5 Å². The molecule has 4 nitrogen and oxygen atoms in total. The van der Waals surface area contributed by atoms with E-state index in [2.05, 4.69) is 4.37 Å². The van der Waals surface area contributed by atoms with Crippen molar-refractivity contribution >= 4 is 28.1 Å². The molecule has 0 N–H and O–H groups in total. The molecule has 1 heterocycles. The fourth-order valence-electron chi connectivity index (χ4n) is 2.00. The fourth-order valence-corrected chi connectivity index (χ4v) is 3.06. The third-order valence-electron chi connectivity index (χ3n) is 3.21. The Kier molecular flexibility index (Phi) is 5.88. The van der Waals surface area contributed by atoms with Crippen LogP contribution in [0.4, 0.5) is 13.8 Å². The molecule has 23 heavy (non-hydrogen) atoms. The quantitative estimate of drug-likeness (QED) is 0.794. The second-order valence-electron chi connectivity index (χ2n) is 5.24. The van der Waals surface area contributed by atoms with E-state index in [9.17, 15) is 14.0 Å². The average Bonchev–Trinajstić information content (AvgIpc) is 2.87. The van der Waals surface area contributed by atoms with Crippen molar-refractivity contribution in [2.75, 3.05) is 32.1 Å². The molecule has 0 fully saturated rings. The minimum absolute atomic E-state index is 0.160. The summed E-state index contributed by atoms with van der Waals surface area (Å²) in [6.45, 7) is 1.65. The van der Waals surface area contributed by atoms with Crippen LogP contribution in [0.1, 0.15) is 11.1 Å². The van der Waals surface area contributed by atoms with E-state index >= 15 is 0 Å². The van der Waals surface area contributed by atoms with Crippen molar-refractivity contribution in [3.05, 3.63) is 46.1 Å². The smallest absolute Gasteiger partial charge is 0.162 e. The van der Waals surface area contributed by atoms with Crippen molar-refractivity contribution in [2.24, 2.45) is 0 Å². The van der Waals surface area contributed by atoms with Gasteiger partial charge < -0.3 is 9.80 Å². The van der Waals surface area contributed by atoms with Gasteiger partial charge in [-0.2, -0.15) is 9.64 Å². The van der Waals surface area contributed by atoms with E-state index in [1.807, 2.05) is 30.0 Å². The first-order valence-electron chi connectivity index (χ1n) is 6.81. The number of rotatable bonds is 6. The van der Waals surface area contributed by atoms with Gasteiger partial charge in [0, 0.05) is 19.6 Å². The van der Waals surface area contributed by atoms with Crippen LogP contribution in [0.5, 0.6) is 0 Å². The highest BCUT2D eigenvalue weighted by Gasteiger charge is 2.19. The average molecular weight is 357 g/mol. The van der Waals surface area contributed by atoms with Crippen molar-refractivity contribution in [2.45, 2.75) is 6.54 Å². The van der Waals surface area contributed by atoms with Gasteiger partial charge in [0.15, 0.2) is 16.8 Å². The van der Waals surface area contributed by atoms with Gasteiger partial charge in [0.05, 0.1) is 0 Å². The highest BCUT2D eigenvalue weighted by molar-refractivity contribution is 7.10. The lowest BCUT2D eigenvalue weighted by Gasteiger charge is -2.25. The number of hydrogen-bond donors (Lipinski definition) is 0. The Morgan fingerprint density at radius 3 is 2.61 bits per heavy atom. The van der Waals surface area contributed by atoms with E-state index in [1.54, 1.807) is 0 Å². The van der Waals surface area contributed by atoms with Gasteiger partial charge in [0.1, 0.15) is 16.6 Å². The molecule has 0 bridgehead atoms. The summed E-state index contributed by atoms with van der Waals surface area (Å²) in [6, 6.07) is 5.82. The van der Waals surface area contributed by atoms with Crippen LogP contribution < -0.4 is 4.90 Å². The lowest BCUT2D eigenvalue weighted by Crippen LogP contribution is -2.31. The van der Waals surface area contributed by atoms with Gasteiger partial charge in [0.2, 0.25) is 0 Å². The molecule has 0 amide bonds. The van der Waals surface area contributed by atoms with Crippen LogP contribution >= 0.6 is 23.1 Å². The Bertz CT molecular complexity index is 727. The lowest BCUT2D eigenvalue weighted by atomic mass is 10.2. The summed E-state index contributed by atoms with van der Waals surface area (Å²) < 4.78 is 30.5. The van der Waals surface area contributed by atoms with Gasteiger partial charge in [-0.25, -0.2) is 8.78 Å². The number of likely N-dealkylation sites (N-methyl/N-ethyl adjacent to an activating group) is 1. The maximum atomic E-state index is 13.4. The van der Waals surface area contributed by atoms with Gasteiger partial charge in [0.25, 0.3) is 0 Å². The topological polar surface area (TPSA) is 43.2 Å². The van der Waals surface area contributed by atoms with Crippen LogP contribution in [-0.2, 0) is 6.54 Å². The summed E-state index contributed by atoms with van der Waals surface area (Å²) in [5.41, 5.74) is 0.911. The summed E-state index contributed by atoms with van der Waals surface area (Å²) in [7, 11) is 3.86. The molecule has 1 aromatic heterocycles. The normalized spacial score (nSPS) is 10.8. The largest absolute Gasteiger partial charge is 0.355 e. The Labute approximate surface area is 142 Å². The second kappa shape index (κ2) is 7.68. The van der Waals surface area contributed by atoms with Crippen molar-refractivity contribution in [1.29, 1.82) is 5.26 Å². The zero-order chi connectivity index (χ0) is 17.0. The fraction of sp³-hybridized carbons (Fsp3) is 0.333. The monoisotopic (exact) mass is 356 g/mol. The molecule has 0 aliphatic heterocycles. The maximum Gasteiger partial charge on any atom is 0.162 e. The first-order chi connectivity index (χ1) is 10.9. The minimum Gasteiger partial charge on any atom is -0.355 e. The van der Waals surface area contributed by atoms with Gasteiger partial charge >= 0.3 is 0 Å². The van der Waals surface area contributed by atoms with Crippen LogP contribution in [0.2, 0.25) is 5.15 Å². The number of nitrogens with zero attached hydrogens (tertiary/aromatic N) is 4. The van der Waals surface area contributed by atoms with E-state index in [1.165, 1.54) is 6.07 Å². The molecular formula is C15H15ClF2N4S. The minimum atomic E-state index is -0.891. The van der Waals surface area contributed by atoms with Crippen LogP contribution in [0, 0.1) is 23.0 Å². The number of nitriles is 1. The van der Waals surface area contributed by atoms with E-state index in [0.29, 0.717) is 29.2 Å². The van der Waals surface area contributed by atoms with Gasteiger partial charge in [-0.15, -0.1) is 0 Å². The predicted octanol–water partition coefficient (Wildman–Crippen LogP) is 3.51. The number of hydrogen-bond acceptors (Lipinski definition) is 5. The highest BCUT2D eigenvalue weighted by atomic mass is 35.5. The van der Waals surface area contributed by atoms with E-state index in [0.717, 1.165) is 30.2 Å². The standard InChI is InChI=1S/C15H15ClF2N4S/c1-21(2)5-6-22(15-11(8-19)14(16)20-23-15)9-10-3-4-12(17)13(18)7-10/h3-4,7H,5-6,9H2,1-2H3. The Morgan fingerprint density at radius 1 is 1.26 bits per heavy atom. The molecule has 122 valence electrons. The number of aromatic nitrogens is 1. The zero-order valence-electron chi connectivity index (χ0n) is 12.7. The van der Waals surface area contributed by atoms with Gasteiger partial charge in [-0.05, 0) is 43.3 Å². The molecule has 0 aliphatic carbocycles. The summed E-state index contributed by atoms with van der Waals surface area (Å²) in [4.78, 5) is 3.89. The van der Waals surface area contributed by atoms with Gasteiger partial charge in [-0.1, -0.05) is 17.7 Å². The number of benzene rings is 1. The zero-order valence-corrected chi connectivity index (χ0v) is 14.3. The molecule has 0 spiro atoms. The Hall–Kier alpha value is -1.75. The third-order valence-corrected chi connectivity index (χ3v) is 4.49. The first kappa shape index (κ1) is 17.6. The molecule has 2 rings (SSSR count). The molecule has 0 saturated heterocycles. The first-order valence-corrected chi connectivity index (χ1v) is 7.96. The Balaban J connectivity index is 2.30. The molecule has 8 heteroatoms. The molecule has 0 unspecified atom stereocenters. The summed E-state index contributed by atoms with van der Waals surface area (Å²) in [5.74, 6) is -1.77. The molecule has 2 aromatic rings. The summed E-state index contributed by atoms with van der Waals surface area (Å²) in [6.07, 6.45) is 0. The van der Waals surface area contributed by atoms with Gasteiger partial charge in [-0.3, -0.25) is 0 Å². The van der Waals surface area contributed by atoms with Crippen molar-refractivity contribution in [1.82, 2.24) is 9.27 Å². The molecular weight excluding hydrogens is 342 g/mol. The summed E-state index contributed by atoms with van der Waals surface area (Å²) in [5, 5.41) is 10.0. The van der Waals surface area contributed by atoms with Crippen molar-refractivity contribution in [3.8, 4) is 6.07 Å². The predicted molar refractivity (Wildman–Crippen MR) is 87.8 cm³/mol. The number of anilines is 1. The summed E-state index contributed by atoms with van der Waals surface area (Å²) >= 11 is 7.05. The molecule has 1 aromatic carbocycles. The van der Waals surface area contributed by atoms with Crippen LogP contribution in [0.15, 0.2) is 18.2 Å². The molecule has 0 atom stereocenters. The SMILES string of the molecule is CN(C)CCN(Cc1ccc(F)c(F)c1)c1snc(Cl)c1C#N. The van der Waals surface area contributed by atoms with Crippen LogP contribution in [0.3, 0.4) is 0 Å². The van der Waals surface area contributed by atoms with Crippen molar-refractivity contribution in [3.63, 3.8) is 0 Å². The maximum absolute atomic E-state index is 13.4. The van der Waals surface area contributed by atoms with E-state index in [-0.39, 0.29) is 5.15 Å². The van der Waals surface area contributed by atoms with Crippen LogP contribution in [0.25, 0.3) is 0 Å². The van der Waals surface area contributed by atoms with E-state index in [4.69, 9.17) is 11.6 Å². The molecule has 0 radical (unpaired) electrons. The van der Waals surface area contributed by atoms with E-state index < -0.39 is 11.6 Å². The highest BCUT2D eigenvalue weighted by Crippen LogP contribution is 2.32. The van der Waals surface area contributed by atoms with Crippen molar-refractivity contribution < 1.29 is 8.78 Å². The Morgan fingerprint density at radius 2 is 2.00 bits per heavy atom. The second-order valence-corrected chi connectivity index (χ2v) is 6.35. The third kappa shape index (κ3) is 4.38. The lowest BCUT2D eigenvalue weighted by molar-refractivity contribution is 0.413. The molecule has 0 aliphatic rings.